The van der Waals surface area contributed by atoms with Crippen LogP contribution in [0.15, 0.2) is 15.5 Å². The van der Waals surface area contributed by atoms with Crippen LogP contribution in [-0.4, -0.2) is 56.7 Å². The van der Waals surface area contributed by atoms with Crippen LogP contribution in [0.1, 0.15) is 60.9 Å². The van der Waals surface area contributed by atoms with Gasteiger partial charge in [0.15, 0.2) is 5.96 Å². The second-order valence-electron chi connectivity index (χ2n) is 6.91. The number of ether oxygens (including phenoxy) is 1. The summed E-state index contributed by atoms with van der Waals surface area (Å²) < 4.78 is 10.4. The van der Waals surface area contributed by atoms with Crippen molar-refractivity contribution in [3.8, 4) is 0 Å². The van der Waals surface area contributed by atoms with Crippen LogP contribution < -0.4 is 10.6 Å². The number of guanidine groups is 1. The molecule has 0 bridgehead atoms. The third kappa shape index (κ3) is 7.25. The van der Waals surface area contributed by atoms with Crippen LogP contribution in [0.2, 0.25) is 0 Å². The fourth-order valence-corrected chi connectivity index (χ4v) is 3.30. The average Bonchev–Trinajstić information content (AvgIpc) is 2.86. The lowest BCUT2D eigenvalue weighted by molar-refractivity contribution is 0.0599. The van der Waals surface area contributed by atoms with E-state index in [2.05, 4.69) is 20.5 Å². The Morgan fingerprint density at radius 1 is 1.26 bits per heavy atom. The van der Waals surface area contributed by atoms with Crippen LogP contribution in [0, 0.1) is 6.92 Å². The smallest absolute Gasteiger partial charge is 0.341 e. The lowest BCUT2D eigenvalue weighted by atomic mass is 10.2. The second kappa shape index (κ2) is 11.6. The van der Waals surface area contributed by atoms with Crippen molar-refractivity contribution >= 4 is 11.9 Å². The Kier molecular flexibility index (Phi) is 9.18. The molecule has 1 aliphatic rings. The van der Waals surface area contributed by atoms with Crippen molar-refractivity contribution in [2.75, 3.05) is 39.8 Å². The number of hydrogen-bond donors (Lipinski definition) is 2. The van der Waals surface area contributed by atoms with Crippen molar-refractivity contribution in [3.05, 3.63) is 23.2 Å². The summed E-state index contributed by atoms with van der Waals surface area (Å²) >= 11 is 0. The molecule has 7 nitrogen and oxygen atoms in total. The van der Waals surface area contributed by atoms with Gasteiger partial charge in [0.25, 0.3) is 0 Å². The third-order valence-corrected chi connectivity index (χ3v) is 4.75. The Morgan fingerprint density at radius 3 is 2.67 bits per heavy atom. The molecule has 1 aromatic heterocycles. The van der Waals surface area contributed by atoms with E-state index in [0.29, 0.717) is 23.6 Å². The van der Waals surface area contributed by atoms with Gasteiger partial charge in [-0.2, -0.15) is 0 Å². The molecule has 1 aromatic rings. The Hall–Kier alpha value is -2.02. The topological polar surface area (TPSA) is 79.1 Å². The van der Waals surface area contributed by atoms with Gasteiger partial charge in [-0.05, 0) is 58.8 Å². The van der Waals surface area contributed by atoms with E-state index in [0.717, 1.165) is 32.0 Å². The molecule has 152 valence electrons. The summed E-state index contributed by atoms with van der Waals surface area (Å²) in [5.41, 5.74) is 0.457. The highest BCUT2D eigenvalue weighted by Crippen LogP contribution is 2.16. The first-order valence-corrected chi connectivity index (χ1v) is 10.1. The number of nitrogens with zero attached hydrogens (tertiary/aromatic N) is 2. The zero-order valence-corrected chi connectivity index (χ0v) is 17.0. The predicted octanol–water partition coefficient (Wildman–Crippen LogP) is 2.70. The van der Waals surface area contributed by atoms with Gasteiger partial charge in [-0.15, -0.1) is 0 Å². The lowest BCUT2D eigenvalue weighted by Crippen LogP contribution is -2.38. The summed E-state index contributed by atoms with van der Waals surface area (Å²) in [5, 5.41) is 6.63. The zero-order valence-electron chi connectivity index (χ0n) is 17.0. The molecule has 27 heavy (non-hydrogen) atoms. The van der Waals surface area contributed by atoms with Crippen molar-refractivity contribution in [1.29, 1.82) is 0 Å². The molecule has 2 rings (SSSR count). The Bertz CT molecular complexity index is 604. The van der Waals surface area contributed by atoms with Crippen molar-refractivity contribution in [3.63, 3.8) is 0 Å². The Balaban J connectivity index is 1.80. The van der Waals surface area contributed by atoms with Gasteiger partial charge >= 0.3 is 5.97 Å². The molecule has 0 aliphatic carbocycles. The maximum absolute atomic E-state index is 11.7. The molecule has 0 unspecified atom stereocenters. The highest BCUT2D eigenvalue weighted by Gasteiger charge is 2.15. The quantitative estimate of drug-likeness (QED) is 0.313. The molecule has 0 saturated carbocycles. The van der Waals surface area contributed by atoms with Crippen LogP contribution in [0.3, 0.4) is 0 Å². The Morgan fingerprint density at radius 2 is 2.00 bits per heavy atom. The second-order valence-corrected chi connectivity index (χ2v) is 6.91. The van der Waals surface area contributed by atoms with Gasteiger partial charge < -0.3 is 24.7 Å². The number of furan rings is 1. The van der Waals surface area contributed by atoms with Crippen molar-refractivity contribution < 1.29 is 13.9 Å². The summed E-state index contributed by atoms with van der Waals surface area (Å²) in [4.78, 5) is 18.8. The van der Waals surface area contributed by atoms with E-state index in [4.69, 9.17) is 9.15 Å². The monoisotopic (exact) mass is 378 g/mol. The van der Waals surface area contributed by atoms with Gasteiger partial charge in [0.05, 0.1) is 7.11 Å². The van der Waals surface area contributed by atoms with Crippen LogP contribution in [0.5, 0.6) is 0 Å². The number of methoxy groups -OCH3 is 1. The molecule has 0 spiro atoms. The number of hydrogen-bond acceptors (Lipinski definition) is 5. The van der Waals surface area contributed by atoms with E-state index >= 15 is 0 Å². The van der Waals surface area contributed by atoms with Gasteiger partial charge in [0.2, 0.25) is 0 Å². The first kappa shape index (κ1) is 21.3. The molecule has 0 atom stereocenters. The summed E-state index contributed by atoms with van der Waals surface area (Å²) in [6.07, 6.45) is 6.49. The molecule has 0 aromatic carbocycles. The number of rotatable bonds is 8. The van der Waals surface area contributed by atoms with Crippen molar-refractivity contribution in [1.82, 2.24) is 15.5 Å². The fourth-order valence-electron chi connectivity index (χ4n) is 3.30. The third-order valence-electron chi connectivity index (χ3n) is 4.75. The fraction of sp³-hybridized carbons (Fsp3) is 0.700. The molecular weight excluding hydrogens is 344 g/mol. The minimum atomic E-state index is -0.384. The Labute approximate surface area is 162 Å². The molecule has 1 aliphatic heterocycles. The molecule has 2 heterocycles. The van der Waals surface area contributed by atoms with E-state index in [1.165, 1.54) is 45.9 Å². The minimum absolute atomic E-state index is 0.374. The number of aryl methyl sites for hydroxylation is 1. The SMILES string of the molecule is CCNC(=NCc1cc(C(=O)OC)c(C)o1)NCCCN1CCCCCC1. The van der Waals surface area contributed by atoms with Gasteiger partial charge in [0.1, 0.15) is 23.6 Å². The maximum atomic E-state index is 11.7. The first-order chi connectivity index (χ1) is 13.1. The molecule has 2 N–H and O–H groups in total. The lowest BCUT2D eigenvalue weighted by Gasteiger charge is -2.20. The van der Waals surface area contributed by atoms with E-state index in [9.17, 15) is 4.79 Å². The summed E-state index contributed by atoms with van der Waals surface area (Å²) in [6.45, 7) is 9.44. The summed E-state index contributed by atoms with van der Waals surface area (Å²) in [6, 6.07) is 1.70. The van der Waals surface area contributed by atoms with Gasteiger partial charge in [-0.3, -0.25) is 0 Å². The standard InChI is InChI=1S/C20H34N4O3/c1-4-21-20(22-10-9-13-24-11-7-5-6-8-12-24)23-15-17-14-18(16(2)27-17)19(25)26-3/h14H,4-13,15H2,1-3H3,(H2,21,22,23). The molecule has 0 radical (unpaired) electrons. The first-order valence-electron chi connectivity index (χ1n) is 10.1. The molecule has 0 amide bonds. The molecular formula is C20H34N4O3. The van der Waals surface area contributed by atoms with E-state index in [1.54, 1.807) is 13.0 Å². The van der Waals surface area contributed by atoms with Crippen LogP contribution in [0.25, 0.3) is 0 Å². The van der Waals surface area contributed by atoms with Crippen LogP contribution >= 0.6 is 0 Å². The highest BCUT2D eigenvalue weighted by molar-refractivity contribution is 5.90. The largest absolute Gasteiger partial charge is 0.465 e. The normalized spacial score (nSPS) is 16.0. The zero-order chi connectivity index (χ0) is 19.5. The van der Waals surface area contributed by atoms with Gasteiger partial charge in [-0.25, -0.2) is 9.79 Å². The van der Waals surface area contributed by atoms with E-state index in [-0.39, 0.29) is 5.97 Å². The summed E-state index contributed by atoms with van der Waals surface area (Å²) in [7, 11) is 1.37. The minimum Gasteiger partial charge on any atom is -0.465 e. The number of nitrogens with one attached hydrogen (secondary N) is 2. The highest BCUT2D eigenvalue weighted by atomic mass is 16.5. The number of esters is 1. The van der Waals surface area contributed by atoms with Crippen LogP contribution in [0.4, 0.5) is 0 Å². The number of aliphatic imine (C=N–C) groups is 1. The molecule has 1 fully saturated rings. The van der Waals surface area contributed by atoms with Gasteiger partial charge in [0, 0.05) is 13.1 Å². The van der Waals surface area contributed by atoms with Crippen molar-refractivity contribution in [2.24, 2.45) is 4.99 Å². The molecule has 1 saturated heterocycles. The van der Waals surface area contributed by atoms with Crippen LogP contribution in [-0.2, 0) is 11.3 Å². The van der Waals surface area contributed by atoms with Crippen molar-refractivity contribution in [2.45, 2.75) is 52.5 Å². The van der Waals surface area contributed by atoms with Gasteiger partial charge in [-0.1, -0.05) is 12.8 Å². The van der Waals surface area contributed by atoms with E-state index in [1.807, 2.05) is 6.92 Å². The maximum Gasteiger partial charge on any atom is 0.341 e. The molecule has 7 heteroatoms. The summed E-state index contributed by atoms with van der Waals surface area (Å²) in [5.74, 6) is 1.59. The number of likely N-dealkylation sites (tertiary alicyclic amines) is 1. The number of carbonyl (C=O) groups excluding carboxylic acids is 1. The average molecular weight is 379 g/mol. The number of carbonyl (C=O) groups is 1. The van der Waals surface area contributed by atoms with E-state index < -0.39 is 0 Å². The predicted molar refractivity (Wildman–Crippen MR) is 107 cm³/mol.